The molecule has 21 heavy (non-hydrogen) atoms. The van der Waals surface area contributed by atoms with E-state index in [4.69, 9.17) is 5.73 Å². The fraction of sp³-hybridized carbons (Fsp3) is 0.385. The Morgan fingerprint density at radius 3 is 2.67 bits per heavy atom. The number of aromatic nitrogens is 4. The summed E-state index contributed by atoms with van der Waals surface area (Å²) in [7, 11) is 1.84. The van der Waals surface area contributed by atoms with Crippen molar-refractivity contribution in [1.82, 2.24) is 19.7 Å². The summed E-state index contributed by atoms with van der Waals surface area (Å²) in [6.07, 6.45) is 0. The van der Waals surface area contributed by atoms with Crippen LogP contribution in [0.3, 0.4) is 0 Å². The maximum absolute atomic E-state index is 12.0. The first-order valence-electron chi connectivity index (χ1n) is 6.41. The molecule has 2 rings (SSSR count). The van der Waals surface area contributed by atoms with E-state index in [0.29, 0.717) is 11.0 Å². The molecule has 1 amide bonds. The van der Waals surface area contributed by atoms with Crippen LogP contribution in [-0.2, 0) is 11.8 Å². The molecular formula is C13H18N6OS. The van der Waals surface area contributed by atoms with Crippen LogP contribution in [0.4, 0.5) is 11.5 Å². The molecule has 0 atom stereocenters. The van der Waals surface area contributed by atoms with Gasteiger partial charge in [-0.3, -0.25) is 9.48 Å². The number of nitrogens with zero attached hydrogens (tertiary/aromatic N) is 4. The van der Waals surface area contributed by atoms with Crippen molar-refractivity contribution in [3.63, 3.8) is 0 Å². The third-order valence-electron chi connectivity index (χ3n) is 2.96. The molecule has 0 aliphatic carbocycles. The lowest BCUT2D eigenvalue weighted by molar-refractivity contribution is -0.113. The van der Waals surface area contributed by atoms with Crippen molar-refractivity contribution in [3.05, 3.63) is 23.1 Å². The summed E-state index contributed by atoms with van der Waals surface area (Å²) in [6.45, 7) is 5.61. The molecule has 0 spiro atoms. The molecule has 0 radical (unpaired) electrons. The van der Waals surface area contributed by atoms with Gasteiger partial charge in [0.2, 0.25) is 5.91 Å². The zero-order chi connectivity index (χ0) is 15.6. The molecule has 0 saturated carbocycles. The fourth-order valence-electron chi connectivity index (χ4n) is 1.89. The second-order valence-corrected chi connectivity index (χ2v) is 5.67. The second kappa shape index (κ2) is 6.13. The highest BCUT2D eigenvalue weighted by atomic mass is 32.2. The number of nitrogen functional groups attached to an aromatic ring is 1. The first-order valence-corrected chi connectivity index (χ1v) is 7.39. The lowest BCUT2D eigenvalue weighted by Crippen LogP contribution is -2.15. The number of hydrogen-bond acceptors (Lipinski definition) is 6. The summed E-state index contributed by atoms with van der Waals surface area (Å²) in [5, 5.41) is 7.63. The van der Waals surface area contributed by atoms with Crippen molar-refractivity contribution in [2.24, 2.45) is 7.05 Å². The maximum Gasteiger partial charge on any atom is 0.234 e. The molecule has 0 saturated heterocycles. The Hall–Kier alpha value is -2.09. The Bertz CT molecular complexity index is 661. The van der Waals surface area contributed by atoms with Gasteiger partial charge < -0.3 is 11.1 Å². The minimum atomic E-state index is -0.122. The molecular weight excluding hydrogens is 288 g/mol. The zero-order valence-corrected chi connectivity index (χ0v) is 13.3. The van der Waals surface area contributed by atoms with Gasteiger partial charge in [-0.1, -0.05) is 11.8 Å². The highest BCUT2D eigenvalue weighted by Gasteiger charge is 2.13. The van der Waals surface area contributed by atoms with Gasteiger partial charge in [-0.2, -0.15) is 5.10 Å². The largest absolute Gasteiger partial charge is 0.384 e. The van der Waals surface area contributed by atoms with E-state index in [2.05, 4.69) is 20.4 Å². The van der Waals surface area contributed by atoms with Gasteiger partial charge in [-0.15, -0.1) is 0 Å². The van der Waals surface area contributed by atoms with Gasteiger partial charge in [0.1, 0.15) is 5.82 Å². The molecule has 8 heteroatoms. The Morgan fingerprint density at radius 2 is 2.10 bits per heavy atom. The number of nitrogens with two attached hydrogens (primary N) is 1. The number of thioether (sulfide) groups is 1. The van der Waals surface area contributed by atoms with Crippen LogP contribution in [0.15, 0.2) is 11.2 Å². The minimum absolute atomic E-state index is 0.122. The quantitative estimate of drug-likeness (QED) is 0.655. The van der Waals surface area contributed by atoms with E-state index in [1.165, 1.54) is 11.8 Å². The number of nitrogens with one attached hydrogen (secondary N) is 1. The molecule has 0 unspecified atom stereocenters. The summed E-state index contributed by atoms with van der Waals surface area (Å²) in [5.41, 5.74) is 8.91. The predicted molar refractivity (Wildman–Crippen MR) is 83.2 cm³/mol. The van der Waals surface area contributed by atoms with Gasteiger partial charge in [0.15, 0.2) is 5.16 Å². The third kappa shape index (κ3) is 3.72. The highest BCUT2D eigenvalue weighted by Crippen LogP contribution is 2.20. The predicted octanol–water partition coefficient (Wildman–Crippen LogP) is 1.45. The lowest BCUT2D eigenvalue weighted by atomic mass is 10.3. The summed E-state index contributed by atoms with van der Waals surface area (Å²) in [5.74, 6) is 0.503. The number of carbonyl (C=O) groups is 1. The van der Waals surface area contributed by atoms with Gasteiger partial charge in [-0.05, 0) is 20.8 Å². The van der Waals surface area contributed by atoms with Gasteiger partial charge in [0, 0.05) is 18.8 Å². The molecule has 3 N–H and O–H groups in total. The molecule has 112 valence electrons. The van der Waals surface area contributed by atoms with Crippen LogP contribution in [0.25, 0.3) is 0 Å². The Balaban J connectivity index is 1.99. The SMILES string of the molecule is Cc1cc(N)nc(SCC(=O)Nc2c(C)nn(C)c2C)n1. The topological polar surface area (TPSA) is 98.7 Å². The molecule has 0 aliphatic rings. The van der Waals surface area contributed by atoms with Crippen LogP contribution in [0.2, 0.25) is 0 Å². The van der Waals surface area contributed by atoms with Crippen LogP contribution >= 0.6 is 11.8 Å². The van der Waals surface area contributed by atoms with Crippen molar-refractivity contribution in [2.45, 2.75) is 25.9 Å². The number of rotatable bonds is 4. The van der Waals surface area contributed by atoms with E-state index in [-0.39, 0.29) is 11.7 Å². The summed E-state index contributed by atoms with van der Waals surface area (Å²) >= 11 is 1.25. The molecule has 0 aliphatic heterocycles. The molecule has 2 heterocycles. The second-order valence-electron chi connectivity index (χ2n) is 4.72. The van der Waals surface area contributed by atoms with E-state index in [1.807, 2.05) is 27.8 Å². The summed E-state index contributed by atoms with van der Waals surface area (Å²) in [6, 6.07) is 1.69. The number of hydrogen-bond donors (Lipinski definition) is 2. The highest BCUT2D eigenvalue weighted by molar-refractivity contribution is 7.99. The Labute approximate surface area is 127 Å². The van der Waals surface area contributed by atoms with Crippen LogP contribution < -0.4 is 11.1 Å². The Kier molecular flexibility index (Phi) is 4.46. The number of carbonyl (C=O) groups excluding carboxylic acids is 1. The molecule has 0 bridgehead atoms. The van der Waals surface area contributed by atoms with Gasteiger partial charge >= 0.3 is 0 Å². The summed E-state index contributed by atoms with van der Waals surface area (Å²) < 4.78 is 1.74. The summed E-state index contributed by atoms with van der Waals surface area (Å²) in [4.78, 5) is 20.3. The van der Waals surface area contributed by atoms with Crippen LogP contribution in [0, 0.1) is 20.8 Å². The smallest absolute Gasteiger partial charge is 0.234 e. The van der Waals surface area contributed by atoms with Crippen molar-refractivity contribution in [3.8, 4) is 0 Å². The fourth-order valence-corrected chi connectivity index (χ4v) is 2.60. The number of aryl methyl sites for hydroxylation is 3. The molecule has 0 fully saturated rings. The molecule has 2 aromatic heterocycles. The van der Waals surface area contributed by atoms with Gasteiger partial charge in [0.05, 0.1) is 22.8 Å². The first kappa shape index (κ1) is 15.3. The molecule has 2 aromatic rings. The van der Waals surface area contributed by atoms with Crippen molar-refractivity contribution in [1.29, 1.82) is 0 Å². The van der Waals surface area contributed by atoms with Crippen LogP contribution in [0.5, 0.6) is 0 Å². The number of amides is 1. The third-order valence-corrected chi connectivity index (χ3v) is 3.81. The normalized spacial score (nSPS) is 10.7. The maximum atomic E-state index is 12.0. The monoisotopic (exact) mass is 306 g/mol. The standard InChI is InChI=1S/C13H18N6OS/c1-7-5-10(14)16-13(15-7)21-6-11(20)17-12-8(2)18-19(4)9(12)3/h5H,6H2,1-4H3,(H,17,20)(H2,14,15,16). The van der Waals surface area contributed by atoms with E-state index >= 15 is 0 Å². The van der Waals surface area contributed by atoms with Crippen LogP contribution in [0.1, 0.15) is 17.1 Å². The van der Waals surface area contributed by atoms with Gasteiger partial charge in [0.25, 0.3) is 0 Å². The number of anilines is 2. The zero-order valence-electron chi connectivity index (χ0n) is 12.5. The Morgan fingerprint density at radius 1 is 1.38 bits per heavy atom. The average Bonchev–Trinajstić information content (AvgIpc) is 2.62. The van der Waals surface area contributed by atoms with Crippen molar-refractivity contribution < 1.29 is 4.79 Å². The first-order chi connectivity index (χ1) is 9.86. The molecule has 7 nitrogen and oxygen atoms in total. The van der Waals surface area contributed by atoms with Gasteiger partial charge in [-0.25, -0.2) is 9.97 Å². The van der Waals surface area contributed by atoms with E-state index in [0.717, 1.165) is 22.8 Å². The van der Waals surface area contributed by atoms with Crippen LogP contribution in [-0.4, -0.2) is 31.4 Å². The molecule has 0 aromatic carbocycles. The van der Waals surface area contributed by atoms with E-state index < -0.39 is 0 Å². The average molecular weight is 306 g/mol. The van der Waals surface area contributed by atoms with E-state index in [9.17, 15) is 4.79 Å². The van der Waals surface area contributed by atoms with Crippen molar-refractivity contribution in [2.75, 3.05) is 16.8 Å². The lowest BCUT2D eigenvalue weighted by Gasteiger charge is -2.06. The van der Waals surface area contributed by atoms with E-state index in [1.54, 1.807) is 10.7 Å². The minimum Gasteiger partial charge on any atom is -0.384 e. The van der Waals surface area contributed by atoms with Crippen molar-refractivity contribution >= 4 is 29.2 Å².